The molecule has 3 aromatic rings. The fourth-order valence-corrected chi connectivity index (χ4v) is 4.33. The van der Waals surface area contributed by atoms with Crippen molar-refractivity contribution in [1.29, 1.82) is 0 Å². The molecule has 1 aromatic heterocycles. The Morgan fingerprint density at radius 3 is 2.69 bits per heavy atom. The molecule has 5 rings (SSSR count). The van der Waals surface area contributed by atoms with E-state index in [1.165, 1.54) is 6.20 Å². The summed E-state index contributed by atoms with van der Waals surface area (Å²) in [6.07, 6.45) is 3.37. The van der Waals surface area contributed by atoms with Crippen molar-refractivity contribution in [3.63, 3.8) is 0 Å². The molecule has 7 heteroatoms. The first-order chi connectivity index (χ1) is 15.6. The molecule has 3 heterocycles. The molecule has 1 saturated heterocycles. The van der Waals surface area contributed by atoms with Crippen LogP contribution in [0, 0.1) is 0 Å². The topological polar surface area (TPSA) is 72.0 Å². The minimum absolute atomic E-state index is 0.115. The van der Waals surface area contributed by atoms with Crippen LogP contribution in [0.4, 0.5) is 5.69 Å². The fraction of sp³-hybridized carbons (Fsp3) is 0.240. The molecule has 0 aliphatic carbocycles. The Labute approximate surface area is 186 Å². The summed E-state index contributed by atoms with van der Waals surface area (Å²) >= 11 is 0. The Balaban J connectivity index is 1.50. The van der Waals surface area contributed by atoms with Gasteiger partial charge in [0.2, 0.25) is 5.91 Å². The van der Waals surface area contributed by atoms with E-state index >= 15 is 0 Å². The van der Waals surface area contributed by atoms with Gasteiger partial charge in [0.25, 0.3) is 5.91 Å². The van der Waals surface area contributed by atoms with E-state index in [1.807, 2.05) is 48.5 Å². The number of benzene rings is 2. The number of amides is 2. The van der Waals surface area contributed by atoms with Gasteiger partial charge in [-0.2, -0.15) is 0 Å². The highest BCUT2D eigenvalue weighted by atomic mass is 16.5. The van der Waals surface area contributed by atoms with Gasteiger partial charge in [0.15, 0.2) is 0 Å². The van der Waals surface area contributed by atoms with Crippen LogP contribution in [-0.2, 0) is 11.3 Å². The second kappa shape index (κ2) is 8.34. The van der Waals surface area contributed by atoms with Gasteiger partial charge in [-0.15, -0.1) is 0 Å². The lowest BCUT2D eigenvalue weighted by atomic mass is 10.1. The molecule has 2 aromatic carbocycles. The number of anilines is 1. The summed E-state index contributed by atoms with van der Waals surface area (Å²) in [6.45, 7) is 0.716. The smallest absolute Gasteiger partial charge is 0.256 e. The molecule has 7 nitrogen and oxygen atoms in total. The van der Waals surface area contributed by atoms with Gasteiger partial charge in [-0.3, -0.25) is 14.6 Å². The average Bonchev–Trinajstić information content (AvgIpc) is 3.27. The number of hydrogen-bond donors (Lipinski definition) is 0. The molecule has 0 spiro atoms. The maximum Gasteiger partial charge on any atom is 0.256 e. The number of carbonyl (C=O) groups excluding carboxylic acids is 2. The molecule has 1 fully saturated rings. The Hall–Kier alpha value is -3.87. The van der Waals surface area contributed by atoms with Crippen LogP contribution in [0.1, 0.15) is 22.3 Å². The standard InChI is InChI=1S/C25H23N3O4/c1-31-19-10-8-17(9-11-19)15-27-21-6-2-3-7-23(21)32-20-13-22(25(27)30)28(16-20)24(29)18-5-4-12-26-14-18/h2-12,14,20,22H,13,15-16H2,1H3/t20-,22-/m0/s1. The first-order valence-electron chi connectivity index (χ1n) is 10.5. The van der Waals surface area contributed by atoms with E-state index in [-0.39, 0.29) is 17.9 Å². The van der Waals surface area contributed by atoms with E-state index < -0.39 is 6.04 Å². The highest BCUT2D eigenvalue weighted by molar-refractivity contribution is 6.03. The molecule has 2 atom stereocenters. The molecule has 0 N–H and O–H groups in total. The monoisotopic (exact) mass is 429 g/mol. The maximum atomic E-state index is 13.8. The van der Waals surface area contributed by atoms with Gasteiger partial charge in [0.05, 0.1) is 31.5 Å². The van der Waals surface area contributed by atoms with Crippen molar-refractivity contribution in [2.45, 2.75) is 25.1 Å². The second-order valence-electron chi connectivity index (χ2n) is 7.93. The van der Waals surface area contributed by atoms with E-state index in [2.05, 4.69) is 4.98 Å². The Bertz CT molecular complexity index is 1130. The number of fused-ring (bicyclic) bond motifs is 3. The SMILES string of the molecule is COc1ccc(CN2C(=O)[C@@H]3C[C@@H](CN3C(=O)c3cccnc3)Oc3ccccc32)cc1. The van der Waals surface area contributed by atoms with Gasteiger partial charge >= 0.3 is 0 Å². The lowest BCUT2D eigenvalue weighted by molar-refractivity contribution is -0.122. The van der Waals surface area contributed by atoms with Crippen molar-refractivity contribution in [3.8, 4) is 11.5 Å². The summed E-state index contributed by atoms with van der Waals surface area (Å²) in [4.78, 5) is 34.4. The van der Waals surface area contributed by atoms with Crippen molar-refractivity contribution in [3.05, 3.63) is 84.2 Å². The molecule has 0 radical (unpaired) electrons. The highest BCUT2D eigenvalue weighted by Gasteiger charge is 2.45. The van der Waals surface area contributed by atoms with Crippen molar-refractivity contribution in [2.75, 3.05) is 18.6 Å². The first kappa shape index (κ1) is 20.1. The van der Waals surface area contributed by atoms with E-state index in [0.29, 0.717) is 36.5 Å². The number of nitrogens with zero attached hydrogens (tertiary/aromatic N) is 3. The van der Waals surface area contributed by atoms with Crippen molar-refractivity contribution in [2.24, 2.45) is 0 Å². The molecule has 162 valence electrons. The maximum absolute atomic E-state index is 13.8. The number of rotatable bonds is 4. The van der Waals surface area contributed by atoms with Gasteiger partial charge in [0, 0.05) is 18.8 Å². The van der Waals surface area contributed by atoms with E-state index in [4.69, 9.17) is 9.47 Å². The number of hydrogen-bond acceptors (Lipinski definition) is 5. The second-order valence-corrected chi connectivity index (χ2v) is 7.93. The number of methoxy groups -OCH3 is 1. The fourth-order valence-electron chi connectivity index (χ4n) is 4.33. The van der Waals surface area contributed by atoms with E-state index in [0.717, 1.165) is 11.3 Å². The summed E-state index contributed by atoms with van der Waals surface area (Å²) < 4.78 is 11.5. The van der Waals surface area contributed by atoms with E-state index in [9.17, 15) is 9.59 Å². The number of pyridine rings is 1. The van der Waals surface area contributed by atoms with Gasteiger partial charge < -0.3 is 19.3 Å². The number of likely N-dealkylation sites (tertiary alicyclic amines) is 1. The summed E-state index contributed by atoms with van der Waals surface area (Å²) in [5, 5.41) is 0. The van der Waals surface area contributed by atoms with Gasteiger partial charge in [-0.25, -0.2) is 0 Å². The van der Waals surface area contributed by atoms with Crippen LogP contribution in [0.25, 0.3) is 0 Å². The Morgan fingerprint density at radius 2 is 1.94 bits per heavy atom. The van der Waals surface area contributed by atoms with Crippen LogP contribution in [0.3, 0.4) is 0 Å². The molecule has 2 amide bonds. The number of aromatic nitrogens is 1. The molecular formula is C25H23N3O4. The Morgan fingerprint density at radius 1 is 1.12 bits per heavy atom. The third-order valence-corrected chi connectivity index (χ3v) is 5.93. The molecule has 2 aliphatic rings. The van der Waals surface area contributed by atoms with Crippen LogP contribution in [0.5, 0.6) is 11.5 Å². The van der Waals surface area contributed by atoms with Crippen molar-refractivity contribution in [1.82, 2.24) is 9.88 Å². The lowest BCUT2D eigenvalue weighted by Crippen LogP contribution is -2.47. The van der Waals surface area contributed by atoms with Gasteiger partial charge in [-0.05, 0) is 42.0 Å². The normalized spacial score (nSPS) is 19.6. The lowest BCUT2D eigenvalue weighted by Gasteiger charge is -2.32. The predicted octanol–water partition coefficient (Wildman–Crippen LogP) is 3.30. The number of carbonyl (C=O) groups is 2. The van der Waals surface area contributed by atoms with Crippen molar-refractivity contribution < 1.29 is 19.1 Å². The summed E-state index contributed by atoms with van der Waals surface area (Å²) in [6, 6.07) is 18.0. The third-order valence-electron chi connectivity index (χ3n) is 5.93. The molecule has 2 aliphatic heterocycles. The molecule has 2 bridgehead atoms. The third kappa shape index (κ3) is 3.66. The van der Waals surface area contributed by atoms with E-state index in [1.54, 1.807) is 35.2 Å². The zero-order valence-corrected chi connectivity index (χ0v) is 17.7. The molecule has 32 heavy (non-hydrogen) atoms. The van der Waals surface area contributed by atoms with Crippen LogP contribution in [0.2, 0.25) is 0 Å². The largest absolute Gasteiger partial charge is 0.497 e. The predicted molar refractivity (Wildman–Crippen MR) is 119 cm³/mol. The van der Waals surface area contributed by atoms with Gasteiger partial charge in [0.1, 0.15) is 23.6 Å². The molecule has 0 unspecified atom stereocenters. The number of ether oxygens (including phenoxy) is 2. The average molecular weight is 429 g/mol. The summed E-state index contributed by atoms with van der Waals surface area (Å²) in [5.74, 6) is 1.08. The summed E-state index contributed by atoms with van der Waals surface area (Å²) in [7, 11) is 1.62. The quantitative estimate of drug-likeness (QED) is 0.636. The zero-order chi connectivity index (χ0) is 22.1. The minimum Gasteiger partial charge on any atom is -0.497 e. The first-order valence-corrected chi connectivity index (χ1v) is 10.5. The van der Waals surface area contributed by atoms with Crippen LogP contribution in [-0.4, -0.2) is 47.5 Å². The van der Waals surface area contributed by atoms with Crippen molar-refractivity contribution >= 4 is 17.5 Å². The van der Waals surface area contributed by atoms with Crippen LogP contribution >= 0.6 is 0 Å². The summed E-state index contributed by atoms with van der Waals surface area (Å²) in [5.41, 5.74) is 2.12. The van der Waals surface area contributed by atoms with Gasteiger partial charge in [-0.1, -0.05) is 24.3 Å². The number of para-hydroxylation sites is 2. The van der Waals surface area contributed by atoms with Crippen LogP contribution < -0.4 is 14.4 Å². The molecular weight excluding hydrogens is 406 g/mol. The molecule has 0 saturated carbocycles. The highest BCUT2D eigenvalue weighted by Crippen LogP contribution is 2.37. The zero-order valence-electron chi connectivity index (χ0n) is 17.7. The minimum atomic E-state index is -0.598. The van der Waals surface area contributed by atoms with Crippen LogP contribution in [0.15, 0.2) is 73.1 Å². The Kier molecular flexibility index (Phi) is 5.23.